The molecule has 1 saturated carbocycles. The fraction of sp³-hybridized carbons (Fsp3) is 0.304. The van der Waals surface area contributed by atoms with E-state index in [2.05, 4.69) is 10.4 Å². The number of anilines is 1. The predicted molar refractivity (Wildman–Crippen MR) is 112 cm³/mol. The van der Waals surface area contributed by atoms with Crippen molar-refractivity contribution in [3.63, 3.8) is 0 Å². The quantitative estimate of drug-likeness (QED) is 0.705. The van der Waals surface area contributed by atoms with Crippen LogP contribution in [0.25, 0.3) is 0 Å². The second-order valence-electron chi connectivity index (χ2n) is 8.17. The van der Waals surface area contributed by atoms with Crippen molar-refractivity contribution >= 4 is 17.5 Å². The molecule has 3 aromatic rings. The first kappa shape index (κ1) is 19.4. The lowest BCUT2D eigenvalue weighted by Crippen LogP contribution is -2.38. The summed E-state index contributed by atoms with van der Waals surface area (Å²) in [6, 6.07) is 9.33. The minimum Gasteiger partial charge on any atom is -0.341 e. The number of hydrogen-bond acceptors (Lipinski definition) is 4. The van der Waals surface area contributed by atoms with Crippen LogP contribution in [0.2, 0.25) is 0 Å². The Morgan fingerprint density at radius 3 is 2.55 bits per heavy atom. The lowest BCUT2D eigenvalue weighted by Gasteiger charge is -2.29. The summed E-state index contributed by atoms with van der Waals surface area (Å²) in [5.41, 5.74) is 2.93. The van der Waals surface area contributed by atoms with Gasteiger partial charge in [-0.1, -0.05) is 0 Å². The van der Waals surface area contributed by atoms with Crippen LogP contribution in [0.5, 0.6) is 0 Å². The normalized spacial score (nSPS) is 16.5. The molecule has 158 valence electrons. The molecule has 8 heteroatoms. The molecule has 31 heavy (non-hydrogen) atoms. The van der Waals surface area contributed by atoms with Crippen LogP contribution >= 0.6 is 0 Å². The third-order valence-corrected chi connectivity index (χ3v) is 5.93. The topological polar surface area (TPSA) is 80.1 Å². The molecule has 0 atom stereocenters. The van der Waals surface area contributed by atoms with Gasteiger partial charge in [-0.05, 0) is 62.1 Å². The Morgan fingerprint density at radius 2 is 1.87 bits per heavy atom. The lowest BCUT2D eigenvalue weighted by molar-refractivity contribution is 0.0929. The number of hydrogen-bond donors (Lipinski definition) is 1. The van der Waals surface area contributed by atoms with Crippen molar-refractivity contribution in [2.24, 2.45) is 7.05 Å². The Kier molecular flexibility index (Phi) is 4.57. The van der Waals surface area contributed by atoms with Crippen molar-refractivity contribution < 1.29 is 14.0 Å². The highest BCUT2D eigenvalue weighted by Crippen LogP contribution is 2.45. The summed E-state index contributed by atoms with van der Waals surface area (Å²) in [7, 11) is 1.78. The maximum absolute atomic E-state index is 13.1. The molecule has 2 aromatic heterocycles. The molecule has 1 aliphatic carbocycles. The Balaban J connectivity index is 1.39. The summed E-state index contributed by atoms with van der Waals surface area (Å²) in [5, 5.41) is 7.17. The van der Waals surface area contributed by atoms with Crippen LogP contribution in [0.1, 0.15) is 51.4 Å². The number of amides is 2. The Bertz CT molecular complexity index is 1170. The molecular formula is C23H22FN5O2. The molecule has 1 aliphatic heterocycles. The van der Waals surface area contributed by atoms with Crippen LogP contribution in [0.15, 0.2) is 48.8 Å². The molecule has 1 aromatic carbocycles. The smallest absolute Gasteiger partial charge is 0.261 e. The largest absolute Gasteiger partial charge is 0.341 e. The van der Waals surface area contributed by atoms with Gasteiger partial charge in [0.25, 0.3) is 11.8 Å². The van der Waals surface area contributed by atoms with Crippen molar-refractivity contribution in [3.05, 3.63) is 77.1 Å². The fourth-order valence-electron chi connectivity index (χ4n) is 4.07. The number of halogens is 1. The van der Waals surface area contributed by atoms with E-state index < -0.39 is 5.54 Å². The van der Waals surface area contributed by atoms with Crippen molar-refractivity contribution in [3.8, 4) is 0 Å². The molecule has 0 unspecified atom stereocenters. The first-order valence-corrected chi connectivity index (χ1v) is 10.3. The number of aromatic nitrogens is 3. The maximum atomic E-state index is 13.1. The van der Waals surface area contributed by atoms with E-state index >= 15 is 0 Å². The summed E-state index contributed by atoms with van der Waals surface area (Å²) in [6.07, 6.45) is 6.48. The molecule has 0 spiro atoms. The highest BCUT2D eigenvalue weighted by molar-refractivity contribution is 6.06. The molecule has 5 rings (SSSR count). The first-order chi connectivity index (χ1) is 14.9. The number of benzene rings is 1. The van der Waals surface area contributed by atoms with Crippen LogP contribution in [-0.4, -0.2) is 33.1 Å². The molecule has 2 aliphatic rings. The second kappa shape index (κ2) is 7.30. The van der Waals surface area contributed by atoms with E-state index in [1.54, 1.807) is 29.0 Å². The summed E-state index contributed by atoms with van der Waals surface area (Å²) in [5.74, 6) is -0.709. The summed E-state index contributed by atoms with van der Waals surface area (Å²) in [4.78, 5) is 32.2. The van der Waals surface area contributed by atoms with E-state index in [0.29, 0.717) is 17.7 Å². The summed E-state index contributed by atoms with van der Waals surface area (Å²) in [6.45, 7) is 0.633. The van der Waals surface area contributed by atoms with E-state index in [1.807, 2.05) is 12.1 Å². The minimum absolute atomic E-state index is 0.0886. The Hall–Kier alpha value is -3.55. The highest BCUT2D eigenvalue weighted by atomic mass is 19.1. The van der Waals surface area contributed by atoms with E-state index in [-0.39, 0.29) is 17.6 Å². The van der Waals surface area contributed by atoms with E-state index in [0.717, 1.165) is 42.8 Å². The summed E-state index contributed by atoms with van der Waals surface area (Å²) < 4.78 is 14.8. The first-order valence-electron chi connectivity index (χ1n) is 10.3. The van der Waals surface area contributed by atoms with Crippen molar-refractivity contribution in [1.82, 2.24) is 20.1 Å². The standard InChI is InChI=1S/C23H22FN5O2/c1-28-14-16(13-25-28)22(31)29-12-2-3-18-19(29)8-9-20(26-18)23(10-11-23)27-21(30)15-4-6-17(24)7-5-15/h4-9,13-14H,2-3,10-12H2,1H3,(H,27,30). The van der Waals surface area contributed by atoms with Gasteiger partial charge in [0, 0.05) is 25.4 Å². The number of nitrogens with zero attached hydrogens (tertiary/aromatic N) is 4. The Morgan fingerprint density at radius 1 is 1.10 bits per heavy atom. The van der Waals surface area contributed by atoms with Crippen LogP contribution in [0.3, 0.4) is 0 Å². The van der Waals surface area contributed by atoms with E-state index in [4.69, 9.17) is 4.98 Å². The van der Waals surface area contributed by atoms with Gasteiger partial charge in [-0.25, -0.2) is 4.39 Å². The average Bonchev–Trinajstić information content (AvgIpc) is 3.43. The molecule has 0 radical (unpaired) electrons. The summed E-state index contributed by atoms with van der Waals surface area (Å²) >= 11 is 0. The highest BCUT2D eigenvalue weighted by Gasteiger charge is 2.47. The number of fused-ring (bicyclic) bond motifs is 1. The van der Waals surface area contributed by atoms with E-state index in [9.17, 15) is 14.0 Å². The zero-order valence-corrected chi connectivity index (χ0v) is 17.1. The van der Waals surface area contributed by atoms with Gasteiger partial charge in [0.05, 0.1) is 34.4 Å². The van der Waals surface area contributed by atoms with Crippen molar-refractivity contribution in [2.75, 3.05) is 11.4 Å². The van der Waals surface area contributed by atoms with Gasteiger partial charge in [0.2, 0.25) is 0 Å². The number of carbonyl (C=O) groups excluding carboxylic acids is 2. The van der Waals surface area contributed by atoms with Gasteiger partial charge in [0.1, 0.15) is 5.82 Å². The third kappa shape index (κ3) is 3.58. The molecule has 0 bridgehead atoms. The van der Waals surface area contributed by atoms with Gasteiger partial charge in [0.15, 0.2) is 0 Å². The van der Waals surface area contributed by atoms with Gasteiger partial charge < -0.3 is 10.2 Å². The fourth-order valence-corrected chi connectivity index (χ4v) is 4.07. The molecule has 1 fully saturated rings. The molecular weight excluding hydrogens is 397 g/mol. The van der Waals surface area contributed by atoms with Crippen molar-refractivity contribution in [1.29, 1.82) is 0 Å². The average molecular weight is 419 g/mol. The molecule has 3 heterocycles. The number of pyridine rings is 1. The lowest BCUT2D eigenvalue weighted by atomic mass is 10.0. The van der Waals surface area contributed by atoms with Crippen LogP contribution in [-0.2, 0) is 19.0 Å². The van der Waals surface area contributed by atoms with E-state index in [1.165, 1.54) is 24.3 Å². The number of rotatable bonds is 4. The SMILES string of the molecule is Cn1cc(C(=O)N2CCCc3nc(C4(NC(=O)c5ccc(F)cc5)CC4)ccc32)cn1. The van der Waals surface area contributed by atoms with Gasteiger partial charge in [-0.2, -0.15) is 5.10 Å². The number of nitrogens with one attached hydrogen (secondary N) is 1. The monoisotopic (exact) mass is 419 g/mol. The number of carbonyl (C=O) groups is 2. The van der Waals surface area contributed by atoms with Gasteiger partial charge >= 0.3 is 0 Å². The van der Waals surface area contributed by atoms with Crippen molar-refractivity contribution in [2.45, 2.75) is 31.2 Å². The number of aryl methyl sites for hydroxylation is 2. The third-order valence-electron chi connectivity index (χ3n) is 5.93. The molecule has 1 N–H and O–H groups in total. The second-order valence-corrected chi connectivity index (χ2v) is 8.17. The van der Waals surface area contributed by atoms with Gasteiger partial charge in [-0.15, -0.1) is 0 Å². The zero-order valence-electron chi connectivity index (χ0n) is 17.1. The van der Waals surface area contributed by atoms with Crippen LogP contribution < -0.4 is 10.2 Å². The molecule has 2 amide bonds. The van der Waals surface area contributed by atoms with Gasteiger partial charge in [-0.3, -0.25) is 19.3 Å². The predicted octanol–water partition coefficient (Wildman–Crippen LogP) is 2.97. The van der Waals surface area contributed by atoms with Crippen LogP contribution in [0.4, 0.5) is 10.1 Å². The maximum Gasteiger partial charge on any atom is 0.261 e. The van der Waals surface area contributed by atoms with Crippen LogP contribution in [0, 0.1) is 5.82 Å². The minimum atomic E-state index is -0.504. The zero-order chi connectivity index (χ0) is 21.6. The molecule has 0 saturated heterocycles. The Labute approximate surface area is 178 Å². The molecule has 7 nitrogen and oxygen atoms in total.